The molecule has 124 valence electrons. The van der Waals surface area contributed by atoms with Gasteiger partial charge in [0.2, 0.25) is 5.69 Å². The number of rotatable bonds is 3. The van der Waals surface area contributed by atoms with Crippen molar-refractivity contribution in [2.24, 2.45) is 0 Å². The van der Waals surface area contributed by atoms with E-state index in [4.69, 9.17) is 11.6 Å². The zero-order valence-electron chi connectivity index (χ0n) is 11.9. The summed E-state index contributed by atoms with van der Waals surface area (Å²) in [4.78, 5) is 15.6. The Morgan fingerprint density at radius 2 is 2.04 bits per heavy atom. The van der Waals surface area contributed by atoms with Gasteiger partial charge in [-0.15, -0.1) is 0 Å². The molecule has 3 aromatic heterocycles. The van der Waals surface area contributed by atoms with Crippen LogP contribution in [0.3, 0.4) is 0 Å². The van der Waals surface area contributed by atoms with Gasteiger partial charge in [0.05, 0.1) is 6.20 Å². The minimum Gasteiger partial charge on any atom is -0.839 e. The van der Waals surface area contributed by atoms with E-state index >= 15 is 0 Å². The standard InChI is InChI=1S/C15H9ClF3N3O2/c16-10-5-4-9(7-20-10)8-22-11-3-1-2-6-21(11)14(24)12(22)13(23)15(17,18)19/h1-7H,8H2. The molecule has 0 N–H and O–H groups in total. The third-order valence-corrected chi connectivity index (χ3v) is 3.63. The number of hydrogen-bond acceptors (Lipinski definition) is 3. The smallest absolute Gasteiger partial charge is 0.458 e. The molecule has 0 aliphatic rings. The topological polar surface area (TPSA) is 62.0 Å². The summed E-state index contributed by atoms with van der Waals surface area (Å²) < 4.78 is 40.7. The van der Waals surface area contributed by atoms with Gasteiger partial charge in [-0.2, -0.15) is 13.2 Å². The summed E-state index contributed by atoms with van der Waals surface area (Å²) >= 11 is 5.68. The fourth-order valence-electron chi connectivity index (χ4n) is 2.37. The zero-order valence-corrected chi connectivity index (χ0v) is 12.7. The molecule has 0 saturated heterocycles. The van der Waals surface area contributed by atoms with Gasteiger partial charge in [0.15, 0.2) is 0 Å². The first-order valence-corrected chi connectivity index (χ1v) is 7.08. The number of halogens is 4. The molecule has 0 atom stereocenters. The number of hydrogen-bond donors (Lipinski definition) is 0. The van der Waals surface area contributed by atoms with Crippen molar-refractivity contribution in [3.8, 4) is 5.88 Å². The molecule has 3 heterocycles. The Labute approximate surface area is 138 Å². The number of aromatic nitrogens is 3. The quantitative estimate of drug-likeness (QED) is 0.411. The minimum absolute atomic E-state index is 0.128. The summed E-state index contributed by atoms with van der Waals surface area (Å²) in [6, 6.07) is 7.54. The molecular formula is C15H9ClF3N3O2. The second kappa shape index (κ2) is 5.79. The predicted molar refractivity (Wildman–Crippen MR) is 75.8 cm³/mol. The lowest BCUT2D eigenvalue weighted by molar-refractivity contribution is -0.582. The second-order valence-electron chi connectivity index (χ2n) is 4.98. The van der Waals surface area contributed by atoms with Crippen LogP contribution in [0.15, 0.2) is 42.7 Å². The van der Waals surface area contributed by atoms with E-state index in [0.717, 1.165) is 8.97 Å². The molecule has 0 aliphatic heterocycles. The molecule has 24 heavy (non-hydrogen) atoms. The summed E-state index contributed by atoms with van der Waals surface area (Å²) in [6.07, 6.45) is -2.47. The summed E-state index contributed by atoms with van der Waals surface area (Å²) in [5, 5.41) is 12.5. The van der Waals surface area contributed by atoms with Crippen LogP contribution in [0, 0.1) is 0 Å². The van der Waals surface area contributed by atoms with E-state index in [2.05, 4.69) is 4.98 Å². The van der Waals surface area contributed by atoms with Crippen molar-refractivity contribution in [2.75, 3.05) is 0 Å². The Balaban J connectivity index is 2.20. The van der Waals surface area contributed by atoms with Crippen LogP contribution in [0.2, 0.25) is 5.15 Å². The van der Waals surface area contributed by atoms with Crippen molar-refractivity contribution in [1.82, 2.24) is 9.55 Å². The van der Waals surface area contributed by atoms with Gasteiger partial charge < -0.3 is 5.11 Å². The highest BCUT2D eigenvalue weighted by Crippen LogP contribution is 2.26. The van der Waals surface area contributed by atoms with E-state index in [0.29, 0.717) is 5.56 Å². The summed E-state index contributed by atoms with van der Waals surface area (Å²) in [5.74, 6) is -3.20. The molecule has 0 radical (unpaired) electrons. The number of carbonyl (C=O) groups excluding carboxylic acids is 1. The van der Waals surface area contributed by atoms with Gasteiger partial charge >= 0.3 is 12.0 Å². The number of nitrogens with zero attached hydrogens (tertiary/aromatic N) is 3. The van der Waals surface area contributed by atoms with Gasteiger partial charge in [-0.3, -0.25) is 4.79 Å². The largest absolute Gasteiger partial charge is 0.839 e. The lowest BCUT2D eigenvalue weighted by Crippen LogP contribution is -2.28. The SMILES string of the molecule is O=C(c1c([O-])[n+]2ccccc2n1Cc1ccc(Cl)nc1)C(F)(F)F. The number of Topliss-reactive ketones (excluding diaryl/α,β-unsaturated/α-hetero) is 1. The van der Waals surface area contributed by atoms with Crippen molar-refractivity contribution in [2.45, 2.75) is 12.7 Å². The fraction of sp³-hybridized carbons (Fsp3) is 0.133. The molecule has 0 spiro atoms. The second-order valence-corrected chi connectivity index (χ2v) is 5.37. The highest BCUT2D eigenvalue weighted by atomic mass is 35.5. The van der Waals surface area contributed by atoms with Gasteiger partial charge in [0, 0.05) is 17.8 Å². The Hall–Kier alpha value is -2.61. The Kier molecular flexibility index (Phi) is 3.92. The molecular weight excluding hydrogens is 347 g/mol. The molecule has 0 aromatic carbocycles. The van der Waals surface area contributed by atoms with Crippen LogP contribution in [-0.2, 0) is 6.54 Å². The summed E-state index contributed by atoms with van der Waals surface area (Å²) in [5.41, 5.74) is -0.273. The lowest BCUT2D eigenvalue weighted by atomic mass is 10.2. The first-order valence-electron chi connectivity index (χ1n) is 6.71. The third-order valence-electron chi connectivity index (χ3n) is 3.41. The average Bonchev–Trinajstić information content (AvgIpc) is 2.81. The molecule has 0 fully saturated rings. The summed E-state index contributed by atoms with van der Waals surface area (Å²) in [7, 11) is 0. The van der Waals surface area contributed by atoms with E-state index in [1.54, 1.807) is 12.1 Å². The predicted octanol–water partition coefficient (Wildman–Crippen LogP) is 2.14. The Bertz CT molecular complexity index is 920. The number of imidazole rings is 1. The highest BCUT2D eigenvalue weighted by molar-refractivity contribution is 6.29. The van der Waals surface area contributed by atoms with Crippen LogP contribution in [-0.4, -0.2) is 21.5 Å². The van der Waals surface area contributed by atoms with Crippen LogP contribution in [0.5, 0.6) is 5.88 Å². The van der Waals surface area contributed by atoms with Crippen molar-refractivity contribution in [3.05, 3.63) is 59.1 Å². The van der Waals surface area contributed by atoms with Crippen LogP contribution >= 0.6 is 11.6 Å². The fourth-order valence-corrected chi connectivity index (χ4v) is 2.48. The first-order chi connectivity index (χ1) is 11.3. The van der Waals surface area contributed by atoms with Crippen LogP contribution in [0.25, 0.3) is 5.65 Å². The molecule has 0 saturated carbocycles. The molecule has 9 heteroatoms. The van der Waals surface area contributed by atoms with Crippen LogP contribution < -0.4 is 9.51 Å². The Morgan fingerprint density at radius 3 is 2.67 bits per heavy atom. The van der Waals surface area contributed by atoms with Crippen LogP contribution in [0.1, 0.15) is 16.1 Å². The Morgan fingerprint density at radius 1 is 1.29 bits per heavy atom. The normalized spacial score (nSPS) is 11.8. The molecule has 0 bridgehead atoms. The number of ketones is 1. The van der Waals surface area contributed by atoms with Crippen molar-refractivity contribution >= 4 is 23.0 Å². The summed E-state index contributed by atoms with van der Waals surface area (Å²) in [6.45, 7) is -0.128. The lowest BCUT2D eigenvalue weighted by Gasteiger charge is -2.08. The van der Waals surface area contributed by atoms with E-state index < -0.39 is 23.5 Å². The molecule has 0 amide bonds. The van der Waals surface area contributed by atoms with Gasteiger partial charge in [-0.1, -0.05) is 23.7 Å². The van der Waals surface area contributed by atoms with E-state index in [9.17, 15) is 23.1 Å². The molecule has 0 aliphatic carbocycles. The molecule has 3 aromatic rings. The van der Waals surface area contributed by atoms with Gasteiger partial charge in [-0.05, 0) is 12.1 Å². The minimum atomic E-state index is -5.15. The van der Waals surface area contributed by atoms with Crippen molar-refractivity contribution in [1.29, 1.82) is 0 Å². The highest BCUT2D eigenvalue weighted by Gasteiger charge is 2.45. The van der Waals surface area contributed by atoms with Gasteiger partial charge in [0.25, 0.3) is 5.65 Å². The van der Waals surface area contributed by atoms with Gasteiger partial charge in [0.1, 0.15) is 17.6 Å². The number of fused-ring (bicyclic) bond motifs is 1. The van der Waals surface area contributed by atoms with Crippen LogP contribution in [0.4, 0.5) is 13.2 Å². The third kappa shape index (κ3) is 2.80. The number of pyridine rings is 2. The van der Waals surface area contributed by atoms with E-state index in [1.807, 2.05) is 0 Å². The monoisotopic (exact) mass is 355 g/mol. The van der Waals surface area contributed by atoms with E-state index in [1.165, 1.54) is 30.6 Å². The molecule has 3 rings (SSSR count). The van der Waals surface area contributed by atoms with Crippen molar-refractivity contribution < 1.29 is 27.5 Å². The van der Waals surface area contributed by atoms with Crippen molar-refractivity contribution in [3.63, 3.8) is 0 Å². The number of carbonyl (C=O) groups is 1. The first kappa shape index (κ1) is 16.3. The van der Waals surface area contributed by atoms with Gasteiger partial charge in [-0.25, -0.2) is 14.0 Å². The average molecular weight is 356 g/mol. The maximum absolute atomic E-state index is 12.9. The maximum atomic E-state index is 12.9. The zero-order chi connectivity index (χ0) is 17.5. The molecule has 5 nitrogen and oxygen atoms in total. The van der Waals surface area contributed by atoms with E-state index in [-0.39, 0.29) is 17.3 Å². The maximum Gasteiger partial charge on any atom is 0.458 e. The number of alkyl halides is 3. The molecule has 0 unspecified atom stereocenters.